The first-order valence-corrected chi connectivity index (χ1v) is 19.2. The second-order valence-corrected chi connectivity index (χ2v) is 14.8. The maximum absolute atomic E-state index is 2.40. The lowest BCUT2D eigenvalue weighted by atomic mass is 9.95. The van der Waals surface area contributed by atoms with Crippen LogP contribution in [-0.4, -0.2) is 0 Å². The second kappa shape index (κ2) is 13.7. The molecule has 9 aromatic carbocycles. The molecule has 0 N–H and O–H groups in total. The molecule has 10 aromatic rings. The largest absolute Gasteiger partial charge is 0.310 e. The smallest absolute Gasteiger partial charge is 0.0540 e. The zero-order chi connectivity index (χ0) is 35.8. The molecule has 0 atom stereocenters. The lowest BCUT2D eigenvalue weighted by Crippen LogP contribution is -2.11. The van der Waals surface area contributed by atoms with Crippen LogP contribution < -0.4 is 4.90 Å². The predicted molar refractivity (Wildman–Crippen MR) is 233 cm³/mol. The van der Waals surface area contributed by atoms with Crippen LogP contribution >= 0.6 is 11.3 Å². The van der Waals surface area contributed by atoms with E-state index in [1.54, 1.807) is 0 Å². The first-order valence-electron chi connectivity index (χ1n) is 18.4. The van der Waals surface area contributed by atoms with Gasteiger partial charge in [-0.25, -0.2) is 0 Å². The zero-order valence-electron chi connectivity index (χ0n) is 29.6. The Hall–Kier alpha value is -6.74. The van der Waals surface area contributed by atoms with Gasteiger partial charge in [0, 0.05) is 37.1 Å². The lowest BCUT2D eigenvalue weighted by Gasteiger charge is -2.28. The molecule has 0 radical (unpaired) electrons. The molecule has 0 saturated carbocycles. The van der Waals surface area contributed by atoms with E-state index in [2.05, 4.69) is 217 Å². The van der Waals surface area contributed by atoms with Crippen molar-refractivity contribution in [3.8, 4) is 44.5 Å². The number of para-hydroxylation sites is 1. The fourth-order valence-corrected chi connectivity index (χ4v) is 9.09. The Labute approximate surface area is 319 Å². The van der Waals surface area contributed by atoms with Gasteiger partial charge in [-0.3, -0.25) is 0 Å². The van der Waals surface area contributed by atoms with Gasteiger partial charge in [-0.15, -0.1) is 11.3 Å². The Morgan fingerprint density at radius 2 is 0.796 bits per heavy atom. The molecule has 2 heteroatoms. The molecule has 1 aromatic heterocycles. The van der Waals surface area contributed by atoms with E-state index in [-0.39, 0.29) is 0 Å². The van der Waals surface area contributed by atoms with E-state index in [0.29, 0.717) is 0 Å². The molecule has 254 valence electrons. The second-order valence-electron chi connectivity index (χ2n) is 13.7. The topological polar surface area (TPSA) is 3.24 Å². The molecule has 0 aliphatic carbocycles. The summed E-state index contributed by atoms with van der Waals surface area (Å²) in [5.41, 5.74) is 13.0. The highest BCUT2D eigenvalue weighted by molar-refractivity contribution is 7.26. The SMILES string of the molecule is c1ccc(-c2ccc(-c3ccccc3N(c3ccc(-c4ccccc4)cc3)c3ccc(-c4cc5ccccc5c5sc6ccccc6c45)cc3)cc2)cc1. The van der Waals surface area contributed by atoms with Crippen molar-refractivity contribution in [3.63, 3.8) is 0 Å². The number of hydrogen-bond acceptors (Lipinski definition) is 2. The molecule has 0 bridgehead atoms. The zero-order valence-corrected chi connectivity index (χ0v) is 30.4. The van der Waals surface area contributed by atoms with Gasteiger partial charge in [-0.1, -0.05) is 170 Å². The highest BCUT2D eigenvalue weighted by Gasteiger charge is 2.19. The lowest BCUT2D eigenvalue weighted by molar-refractivity contribution is 1.28. The van der Waals surface area contributed by atoms with Gasteiger partial charge in [-0.05, 0) is 92.2 Å². The molecule has 0 unspecified atom stereocenters. The van der Waals surface area contributed by atoms with E-state index in [9.17, 15) is 0 Å². The fourth-order valence-electron chi connectivity index (χ4n) is 7.82. The summed E-state index contributed by atoms with van der Waals surface area (Å²) in [6.07, 6.45) is 0. The van der Waals surface area contributed by atoms with Gasteiger partial charge < -0.3 is 4.90 Å². The summed E-state index contributed by atoms with van der Waals surface area (Å²) < 4.78 is 2.67. The normalized spacial score (nSPS) is 11.3. The molecule has 0 spiro atoms. The highest BCUT2D eigenvalue weighted by Crippen LogP contribution is 2.46. The summed E-state index contributed by atoms with van der Waals surface area (Å²) in [4.78, 5) is 2.40. The van der Waals surface area contributed by atoms with Gasteiger partial charge in [0.2, 0.25) is 0 Å². The van der Waals surface area contributed by atoms with Crippen LogP contribution in [0.15, 0.2) is 212 Å². The number of nitrogens with zero attached hydrogens (tertiary/aromatic N) is 1. The summed E-state index contributed by atoms with van der Waals surface area (Å²) in [6, 6.07) is 77.0. The van der Waals surface area contributed by atoms with Crippen LogP contribution in [0.5, 0.6) is 0 Å². The van der Waals surface area contributed by atoms with Crippen LogP contribution in [0.1, 0.15) is 0 Å². The predicted octanol–water partition coefficient (Wildman–Crippen LogP) is 15.3. The summed E-state index contributed by atoms with van der Waals surface area (Å²) in [6.45, 7) is 0. The van der Waals surface area contributed by atoms with E-state index in [1.165, 1.54) is 75.5 Å². The molecule has 1 heterocycles. The van der Waals surface area contributed by atoms with Crippen LogP contribution in [-0.2, 0) is 0 Å². The average molecular weight is 706 g/mol. The molecule has 0 aliphatic rings. The maximum atomic E-state index is 2.40. The monoisotopic (exact) mass is 705 g/mol. The first-order chi connectivity index (χ1) is 26.8. The van der Waals surface area contributed by atoms with Crippen molar-refractivity contribution in [1.29, 1.82) is 0 Å². The third-order valence-electron chi connectivity index (χ3n) is 10.5. The molecular formula is C52H35NS. The minimum atomic E-state index is 1.10. The number of hydrogen-bond donors (Lipinski definition) is 0. The number of benzene rings is 9. The minimum absolute atomic E-state index is 1.10. The standard InChI is InChI=1S/C52H35NS/c1-3-13-36(14-4-1)38-23-25-40(26-24-38)45-18-9-11-21-49(45)53(43-31-27-39(28-32-43)37-15-5-2-6-16-37)44-33-29-41(30-34-44)48-35-42-17-7-8-19-46(42)52-51(48)47-20-10-12-22-50(47)54-52/h1-35H. The van der Waals surface area contributed by atoms with Gasteiger partial charge in [0.05, 0.1) is 5.69 Å². The van der Waals surface area contributed by atoms with Crippen LogP contribution in [0.2, 0.25) is 0 Å². The van der Waals surface area contributed by atoms with Crippen molar-refractivity contribution in [2.75, 3.05) is 4.90 Å². The highest BCUT2D eigenvalue weighted by atomic mass is 32.1. The summed E-state index contributed by atoms with van der Waals surface area (Å²) >= 11 is 1.89. The maximum Gasteiger partial charge on any atom is 0.0540 e. The number of fused-ring (bicyclic) bond motifs is 5. The Kier molecular flexibility index (Phi) is 8.09. The molecule has 0 amide bonds. The van der Waals surface area contributed by atoms with Crippen LogP contribution in [0.3, 0.4) is 0 Å². The molecule has 10 rings (SSSR count). The van der Waals surface area contributed by atoms with Crippen molar-refractivity contribution in [1.82, 2.24) is 0 Å². The number of anilines is 3. The van der Waals surface area contributed by atoms with Gasteiger partial charge in [0.1, 0.15) is 0 Å². The average Bonchev–Trinajstić information content (AvgIpc) is 3.65. The number of thiophene rings is 1. The van der Waals surface area contributed by atoms with Gasteiger partial charge >= 0.3 is 0 Å². The summed E-state index contributed by atoms with van der Waals surface area (Å²) in [7, 11) is 0. The van der Waals surface area contributed by atoms with Crippen molar-refractivity contribution in [2.24, 2.45) is 0 Å². The van der Waals surface area contributed by atoms with Crippen LogP contribution in [0, 0.1) is 0 Å². The third kappa shape index (κ3) is 5.74. The van der Waals surface area contributed by atoms with Gasteiger partial charge in [-0.2, -0.15) is 0 Å². The van der Waals surface area contributed by atoms with E-state index < -0.39 is 0 Å². The van der Waals surface area contributed by atoms with Gasteiger partial charge in [0.15, 0.2) is 0 Å². The van der Waals surface area contributed by atoms with E-state index in [4.69, 9.17) is 0 Å². The molecule has 0 saturated heterocycles. The van der Waals surface area contributed by atoms with Crippen molar-refractivity contribution in [3.05, 3.63) is 212 Å². The Morgan fingerprint density at radius 3 is 1.46 bits per heavy atom. The van der Waals surface area contributed by atoms with Crippen molar-refractivity contribution >= 4 is 59.3 Å². The van der Waals surface area contributed by atoms with Gasteiger partial charge in [0.25, 0.3) is 0 Å². The van der Waals surface area contributed by atoms with Crippen molar-refractivity contribution in [2.45, 2.75) is 0 Å². The summed E-state index contributed by atoms with van der Waals surface area (Å²) in [5.74, 6) is 0. The summed E-state index contributed by atoms with van der Waals surface area (Å²) in [5, 5.41) is 5.23. The molecular weight excluding hydrogens is 671 g/mol. The van der Waals surface area contributed by atoms with E-state index >= 15 is 0 Å². The Balaban J connectivity index is 1.11. The van der Waals surface area contributed by atoms with Crippen LogP contribution in [0.4, 0.5) is 17.1 Å². The Bertz CT molecular complexity index is 2890. The minimum Gasteiger partial charge on any atom is -0.310 e. The Morgan fingerprint density at radius 1 is 0.333 bits per heavy atom. The van der Waals surface area contributed by atoms with E-state index in [0.717, 1.165) is 17.1 Å². The molecule has 54 heavy (non-hydrogen) atoms. The molecule has 0 fully saturated rings. The van der Waals surface area contributed by atoms with E-state index in [1.807, 2.05) is 11.3 Å². The molecule has 0 aliphatic heterocycles. The van der Waals surface area contributed by atoms with Crippen LogP contribution in [0.25, 0.3) is 75.5 Å². The quantitative estimate of drug-likeness (QED) is 0.160. The fraction of sp³-hybridized carbons (Fsp3) is 0. The molecule has 1 nitrogen and oxygen atoms in total. The third-order valence-corrected chi connectivity index (χ3v) is 11.7. The van der Waals surface area contributed by atoms with Crippen molar-refractivity contribution < 1.29 is 0 Å². The number of rotatable bonds is 7. The first kappa shape index (κ1) is 32.0.